The normalized spacial score (nSPS) is 16.9. The van der Waals surface area contributed by atoms with Crippen molar-refractivity contribution in [2.45, 2.75) is 5.75 Å². The molecule has 0 bridgehead atoms. The summed E-state index contributed by atoms with van der Waals surface area (Å²) in [6.45, 7) is 1.50. The molecule has 2 heterocycles. The first-order valence-electron chi connectivity index (χ1n) is 6.54. The first-order chi connectivity index (χ1) is 9.81. The van der Waals surface area contributed by atoms with Gasteiger partial charge in [-0.15, -0.1) is 0 Å². The van der Waals surface area contributed by atoms with Crippen LogP contribution in [-0.4, -0.2) is 45.4 Å². The standard InChI is InChI=1S/C14H17N3O2S/c18-7-14(8-19-9-14)10-20-6-13-15-11-17(16-13)12-4-2-1-3-5-12/h1-5,11,18H,6-10H2. The molecular formula is C14H17N3O2S. The van der Waals surface area contributed by atoms with Crippen molar-refractivity contribution in [1.29, 1.82) is 0 Å². The SMILES string of the molecule is OCC1(CSCc2ncn(-c3ccccc3)n2)COC1. The number of para-hydroxylation sites is 1. The fourth-order valence-corrected chi connectivity index (χ4v) is 3.15. The predicted octanol–water partition coefficient (Wildman–Crippen LogP) is 1.51. The average Bonchev–Trinajstić information content (AvgIpc) is 2.92. The van der Waals surface area contributed by atoms with E-state index < -0.39 is 0 Å². The van der Waals surface area contributed by atoms with Crippen LogP contribution in [0.2, 0.25) is 0 Å². The van der Waals surface area contributed by atoms with Gasteiger partial charge in [0.2, 0.25) is 0 Å². The minimum atomic E-state index is -0.0489. The summed E-state index contributed by atoms with van der Waals surface area (Å²) < 4.78 is 6.97. The van der Waals surface area contributed by atoms with E-state index in [1.807, 2.05) is 30.3 Å². The van der Waals surface area contributed by atoms with Crippen molar-refractivity contribution < 1.29 is 9.84 Å². The van der Waals surface area contributed by atoms with Gasteiger partial charge in [0.1, 0.15) is 6.33 Å². The summed E-state index contributed by atoms with van der Waals surface area (Å²) in [7, 11) is 0. The van der Waals surface area contributed by atoms with Crippen molar-refractivity contribution in [3.63, 3.8) is 0 Å². The molecule has 0 unspecified atom stereocenters. The van der Waals surface area contributed by atoms with Gasteiger partial charge in [-0.3, -0.25) is 0 Å². The highest BCUT2D eigenvalue weighted by Crippen LogP contribution is 2.31. The van der Waals surface area contributed by atoms with Crippen LogP contribution in [-0.2, 0) is 10.5 Å². The lowest BCUT2D eigenvalue weighted by Gasteiger charge is -2.39. The zero-order chi connectivity index (χ0) is 13.8. The Morgan fingerprint density at radius 3 is 2.75 bits per heavy atom. The van der Waals surface area contributed by atoms with E-state index >= 15 is 0 Å². The first-order valence-corrected chi connectivity index (χ1v) is 7.69. The van der Waals surface area contributed by atoms with Crippen molar-refractivity contribution in [3.8, 4) is 5.69 Å². The summed E-state index contributed by atoms with van der Waals surface area (Å²) in [5.74, 6) is 2.44. The summed E-state index contributed by atoms with van der Waals surface area (Å²) in [5.41, 5.74) is 0.961. The lowest BCUT2D eigenvalue weighted by atomic mass is 9.90. The number of thioether (sulfide) groups is 1. The molecule has 0 aliphatic carbocycles. The van der Waals surface area contributed by atoms with Gasteiger partial charge in [0, 0.05) is 11.2 Å². The van der Waals surface area contributed by atoms with Crippen LogP contribution in [0.4, 0.5) is 0 Å². The van der Waals surface area contributed by atoms with Crippen LogP contribution in [0.15, 0.2) is 36.7 Å². The number of ether oxygens (including phenoxy) is 1. The molecule has 1 aliphatic rings. The molecule has 1 aliphatic heterocycles. The topological polar surface area (TPSA) is 60.2 Å². The van der Waals surface area contributed by atoms with Gasteiger partial charge in [-0.05, 0) is 12.1 Å². The highest BCUT2D eigenvalue weighted by molar-refractivity contribution is 7.98. The highest BCUT2D eigenvalue weighted by Gasteiger charge is 2.37. The summed E-state index contributed by atoms with van der Waals surface area (Å²) >= 11 is 1.74. The molecule has 0 radical (unpaired) electrons. The molecule has 0 atom stereocenters. The fraction of sp³-hybridized carbons (Fsp3) is 0.429. The summed E-state index contributed by atoms with van der Waals surface area (Å²) in [6.07, 6.45) is 1.74. The number of aliphatic hydroxyl groups excluding tert-OH is 1. The van der Waals surface area contributed by atoms with Crippen LogP contribution in [0, 0.1) is 5.41 Å². The van der Waals surface area contributed by atoms with Crippen molar-refractivity contribution in [3.05, 3.63) is 42.5 Å². The van der Waals surface area contributed by atoms with Gasteiger partial charge in [0.25, 0.3) is 0 Å². The molecule has 106 valence electrons. The monoisotopic (exact) mass is 291 g/mol. The number of rotatable bonds is 6. The lowest BCUT2D eigenvalue weighted by molar-refractivity contribution is -0.121. The molecule has 3 rings (SSSR count). The minimum absolute atomic E-state index is 0.0489. The van der Waals surface area contributed by atoms with Crippen molar-refractivity contribution in [1.82, 2.24) is 14.8 Å². The molecule has 0 spiro atoms. The molecule has 1 fully saturated rings. The van der Waals surface area contributed by atoms with Crippen LogP contribution < -0.4 is 0 Å². The van der Waals surface area contributed by atoms with Gasteiger partial charge in [-0.25, -0.2) is 9.67 Å². The molecule has 2 aromatic rings. The van der Waals surface area contributed by atoms with E-state index in [1.54, 1.807) is 22.8 Å². The zero-order valence-electron chi connectivity index (χ0n) is 11.1. The second kappa shape index (κ2) is 5.95. The number of nitrogens with zero attached hydrogens (tertiary/aromatic N) is 3. The maximum Gasteiger partial charge on any atom is 0.160 e. The number of hydrogen-bond donors (Lipinski definition) is 1. The Balaban J connectivity index is 1.55. The van der Waals surface area contributed by atoms with Crippen molar-refractivity contribution in [2.75, 3.05) is 25.6 Å². The second-order valence-electron chi connectivity index (χ2n) is 5.08. The number of hydrogen-bond acceptors (Lipinski definition) is 5. The Hall–Kier alpha value is -1.37. The molecule has 1 saturated heterocycles. The largest absolute Gasteiger partial charge is 0.396 e. The van der Waals surface area contributed by atoms with Crippen LogP contribution in [0.3, 0.4) is 0 Å². The predicted molar refractivity (Wildman–Crippen MR) is 77.9 cm³/mol. The molecular weight excluding hydrogens is 274 g/mol. The second-order valence-corrected chi connectivity index (χ2v) is 6.07. The Morgan fingerprint density at radius 2 is 2.10 bits per heavy atom. The van der Waals surface area contributed by atoms with Crippen molar-refractivity contribution >= 4 is 11.8 Å². The Morgan fingerprint density at radius 1 is 1.30 bits per heavy atom. The zero-order valence-corrected chi connectivity index (χ0v) is 11.9. The molecule has 1 aromatic carbocycles. The fourth-order valence-electron chi connectivity index (χ4n) is 2.04. The Kier molecular flexibility index (Phi) is 4.05. The maximum atomic E-state index is 9.36. The average molecular weight is 291 g/mol. The van der Waals surface area contributed by atoms with Gasteiger partial charge < -0.3 is 9.84 Å². The lowest BCUT2D eigenvalue weighted by Crippen LogP contribution is -2.47. The van der Waals surface area contributed by atoms with Gasteiger partial charge in [0.15, 0.2) is 5.82 Å². The number of aromatic nitrogens is 3. The summed E-state index contributed by atoms with van der Waals surface area (Å²) in [6, 6.07) is 9.93. The first kappa shape index (κ1) is 13.6. The van der Waals surface area contributed by atoms with Gasteiger partial charge in [-0.2, -0.15) is 16.9 Å². The van der Waals surface area contributed by atoms with Crippen LogP contribution in [0.1, 0.15) is 5.82 Å². The van der Waals surface area contributed by atoms with Crippen LogP contribution in [0.5, 0.6) is 0 Å². The minimum Gasteiger partial charge on any atom is -0.396 e. The number of benzene rings is 1. The third kappa shape index (κ3) is 2.87. The molecule has 20 heavy (non-hydrogen) atoms. The van der Waals surface area contributed by atoms with Gasteiger partial charge >= 0.3 is 0 Å². The molecule has 1 N–H and O–H groups in total. The quantitative estimate of drug-likeness (QED) is 0.874. The van der Waals surface area contributed by atoms with E-state index in [1.165, 1.54) is 0 Å². The number of aliphatic hydroxyl groups is 1. The Labute approximate surface area is 122 Å². The smallest absolute Gasteiger partial charge is 0.160 e. The highest BCUT2D eigenvalue weighted by atomic mass is 32.2. The van der Waals surface area contributed by atoms with Crippen molar-refractivity contribution in [2.24, 2.45) is 5.41 Å². The van der Waals surface area contributed by atoms with E-state index in [9.17, 15) is 5.11 Å². The third-order valence-electron chi connectivity index (χ3n) is 3.35. The van der Waals surface area contributed by atoms with Crippen LogP contribution >= 0.6 is 11.8 Å². The van der Waals surface area contributed by atoms with E-state index in [2.05, 4.69) is 10.1 Å². The molecule has 1 aromatic heterocycles. The summed E-state index contributed by atoms with van der Waals surface area (Å²) in [4.78, 5) is 4.32. The van der Waals surface area contributed by atoms with Gasteiger partial charge in [-0.1, -0.05) is 18.2 Å². The maximum absolute atomic E-state index is 9.36. The molecule has 6 heteroatoms. The summed E-state index contributed by atoms with van der Waals surface area (Å²) in [5, 5.41) is 13.8. The van der Waals surface area contributed by atoms with E-state index in [0.717, 1.165) is 23.0 Å². The molecule has 5 nitrogen and oxygen atoms in total. The van der Waals surface area contributed by atoms with E-state index in [-0.39, 0.29) is 12.0 Å². The Bertz CT molecular complexity index is 549. The molecule has 0 saturated carbocycles. The van der Waals surface area contributed by atoms with E-state index in [0.29, 0.717) is 13.2 Å². The van der Waals surface area contributed by atoms with E-state index in [4.69, 9.17) is 4.74 Å². The van der Waals surface area contributed by atoms with Gasteiger partial charge in [0.05, 0.1) is 31.3 Å². The van der Waals surface area contributed by atoms with Crippen LogP contribution in [0.25, 0.3) is 5.69 Å². The third-order valence-corrected chi connectivity index (χ3v) is 4.63. The molecule has 0 amide bonds.